The number of methoxy groups -OCH3 is 1. The SMILES string of the molecule is COC(=O)CCS(=O)(=O)N1C(C(=O)O)CSC1C(C)C. The Kier molecular flexibility index (Phi) is 5.84. The van der Waals surface area contributed by atoms with E-state index in [-0.39, 0.29) is 18.1 Å². The first-order chi connectivity index (χ1) is 9.20. The Morgan fingerprint density at radius 3 is 2.50 bits per heavy atom. The van der Waals surface area contributed by atoms with E-state index in [9.17, 15) is 18.0 Å². The Morgan fingerprint density at radius 2 is 2.05 bits per heavy atom. The first-order valence-electron chi connectivity index (χ1n) is 6.13. The van der Waals surface area contributed by atoms with Gasteiger partial charge < -0.3 is 9.84 Å². The summed E-state index contributed by atoms with van der Waals surface area (Å²) in [7, 11) is -2.64. The maximum absolute atomic E-state index is 12.3. The van der Waals surface area contributed by atoms with Crippen LogP contribution in [0.1, 0.15) is 20.3 Å². The van der Waals surface area contributed by atoms with E-state index in [1.807, 2.05) is 13.8 Å². The molecule has 0 aromatic carbocycles. The largest absolute Gasteiger partial charge is 0.480 e. The Bertz CT molecular complexity index is 475. The highest BCUT2D eigenvalue weighted by Crippen LogP contribution is 2.36. The number of esters is 1. The molecule has 116 valence electrons. The summed E-state index contributed by atoms with van der Waals surface area (Å²) in [4.78, 5) is 22.3. The van der Waals surface area contributed by atoms with Crippen molar-refractivity contribution < 1.29 is 27.9 Å². The van der Waals surface area contributed by atoms with Gasteiger partial charge in [-0.05, 0) is 5.92 Å². The standard InChI is InChI=1S/C11H19NO6S2/c1-7(2)10-12(8(6-19-10)11(14)15)20(16,17)5-4-9(13)18-3/h7-8,10H,4-6H2,1-3H3,(H,14,15). The number of carboxylic acid groups (broad SMARTS) is 1. The van der Waals surface area contributed by atoms with Crippen LogP contribution in [0.5, 0.6) is 0 Å². The fourth-order valence-electron chi connectivity index (χ4n) is 1.95. The van der Waals surface area contributed by atoms with Crippen molar-refractivity contribution in [3.63, 3.8) is 0 Å². The average molecular weight is 325 g/mol. The van der Waals surface area contributed by atoms with Crippen LogP contribution in [0.25, 0.3) is 0 Å². The second-order valence-electron chi connectivity index (χ2n) is 4.79. The lowest BCUT2D eigenvalue weighted by Crippen LogP contribution is -2.48. The van der Waals surface area contributed by atoms with Crippen LogP contribution in [0.15, 0.2) is 0 Å². The first kappa shape index (κ1) is 17.3. The summed E-state index contributed by atoms with van der Waals surface area (Å²) in [5.74, 6) is -2.03. The number of hydrogen-bond acceptors (Lipinski definition) is 6. The number of ether oxygens (including phenoxy) is 1. The number of sulfonamides is 1. The van der Waals surface area contributed by atoms with Gasteiger partial charge in [0.15, 0.2) is 0 Å². The summed E-state index contributed by atoms with van der Waals surface area (Å²) in [5, 5.41) is 8.74. The highest BCUT2D eigenvalue weighted by Gasteiger charge is 2.46. The van der Waals surface area contributed by atoms with Gasteiger partial charge in [0.25, 0.3) is 0 Å². The fraction of sp³-hybridized carbons (Fsp3) is 0.818. The topological polar surface area (TPSA) is 101 Å². The van der Waals surface area contributed by atoms with Crippen LogP contribution >= 0.6 is 11.8 Å². The molecule has 0 aliphatic carbocycles. The summed E-state index contributed by atoms with van der Waals surface area (Å²) in [5.41, 5.74) is 0. The van der Waals surface area contributed by atoms with Crippen LogP contribution in [0, 0.1) is 5.92 Å². The molecule has 20 heavy (non-hydrogen) atoms. The molecule has 1 rings (SSSR count). The van der Waals surface area contributed by atoms with Gasteiger partial charge in [-0.3, -0.25) is 9.59 Å². The quantitative estimate of drug-likeness (QED) is 0.704. The maximum atomic E-state index is 12.3. The van der Waals surface area contributed by atoms with Crippen LogP contribution in [-0.4, -0.2) is 59.8 Å². The molecule has 1 saturated heterocycles. The third-order valence-corrected chi connectivity index (χ3v) is 6.55. The van der Waals surface area contributed by atoms with Crippen molar-refractivity contribution in [2.45, 2.75) is 31.7 Å². The van der Waals surface area contributed by atoms with Crippen LogP contribution in [0.3, 0.4) is 0 Å². The molecule has 7 nitrogen and oxygen atoms in total. The minimum Gasteiger partial charge on any atom is -0.480 e. The zero-order valence-electron chi connectivity index (χ0n) is 11.6. The van der Waals surface area contributed by atoms with Crippen LogP contribution < -0.4 is 0 Å². The molecule has 1 N–H and O–H groups in total. The lowest BCUT2D eigenvalue weighted by atomic mass is 10.2. The predicted octanol–water partition coefficient (Wildman–Crippen LogP) is 0.363. The third-order valence-electron chi connectivity index (χ3n) is 2.95. The number of carbonyl (C=O) groups excluding carboxylic acids is 1. The van der Waals surface area contributed by atoms with Crippen molar-refractivity contribution in [2.24, 2.45) is 5.92 Å². The molecular formula is C11H19NO6S2. The van der Waals surface area contributed by atoms with Crippen LogP contribution in [0.2, 0.25) is 0 Å². The number of rotatable bonds is 6. The molecule has 0 spiro atoms. The van der Waals surface area contributed by atoms with Crippen molar-refractivity contribution in [1.29, 1.82) is 0 Å². The molecule has 0 aromatic heterocycles. The number of thioether (sulfide) groups is 1. The second kappa shape index (κ2) is 6.77. The molecule has 1 fully saturated rings. The summed E-state index contributed by atoms with van der Waals surface area (Å²) in [6.45, 7) is 3.68. The van der Waals surface area contributed by atoms with E-state index < -0.39 is 39.1 Å². The summed E-state index contributed by atoms with van der Waals surface area (Å²) in [6, 6.07) is -1.07. The minimum atomic E-state index is -3.82. The molecule has 0 aromatic rings. The zero-order valence-corrected chi connectivity index (χ0v) is 13.2. The summed E-state index contributed by atoms with van der Waals surface area (Å²) < 4.78 is 30.1. The van der Waals surface area contributed by atoms with Crippen molar-refractivity contribution in [1.82, 2.24) is 4.31 Å². The van der Waals surface area contributed by atoms with Gasteiger partial charge in [0, 0.05) is 5.75 Å². The molecule has 1 aliphatic heterocycles. The van der Waals surface area contributed by atoms with Crippen LogP contribution in [-0.2, 0) is 24.3 Å². The number of aliphatic carboxylic acids is 1. The number of hydrogen-bond donors (Lipinski definition) is 1. The molecule has 0 bridgehead atoms. The van der Waals surface area contributed by atoms with Crippen LogP contribution in [0.4, 0.5) is 0 Å². The monoisotopic (exact) mass is 325 g/mol. The number of carbonyl (C=O) groups is 2. The van der Waals surface area contributed by atoms with Gasteiger partial charge in [0.1, 0.15) is 6.04 Å². The lowest BCUT2D eigenvalue weighted by molar-refractivity contribution is -0.141. The van der Waals surface area contributed by atoms with Crippen molar-refractivity contribution in [2.75, 3.05) is 18.6 Å². The van der Waals surface area contributed by atoms with Crippen molar-refractivity contribution in [3.05, 3.63) is 0 Å². The Balaban J connectivity index is 2.96. The molecule has 0 saturated carbocycles. The van der Waals surface area contributed by atoms with Gasteiger partial charge in [-0.25, -0.2) is 8.42 Å². The van der Waals surface area contributed by atoms with E-state index in [0.29, 0.717) is 0 Å². The molecule has 0 radical (unpaired) electrons. The molecule has 1 heterocycles. The maximum Gasteiger partial charge on any atom is 0.322 e. The number of carboxylic acids is 1. The average Bonchev–Trinajstić information content (AvgIpc) is 2.81. The molecule has 2 unspecified atom stereocenters. The van der Waals surface area contributed by atoms with E-state index in [2.05, 4.69) is 4.74 Å². The van der Waals surface area contributed by atoms with Gasteiger partial charge in [-0.2, -0.15) is 4.31 Å². The normalized spacial score (nSPS) is 24.0. The van der Waals surface area contributed by atoms with E-state index >= 15 is 0 Å². The van der Waals surface area contributed by atoms with Gasteiger partial charge >= 0.3 is 11.9 Å². The second-order valence-corrected chi connectivity index (χ2v) is 7.94. The highest BCUT2D eigenvalue weighted by atomic mass is 32.2. The van der Waals surface area contributed by atoms with E-state index in [1.165, 1.54) is 18.9 Å². The van der Waals surface area contributed by atoms with Gasteiger partial charge in [0.2, 0.25) is 10.0 Å². The zero-order chi connectivity index (χ0) is 15.5. The minimum absolute atomic E-state index is 0.0164. The van der Waals surface area contributed by atoms with E-state index in [0.717, 1.165) is 4.31 Å². The Hall–Kier alpha value is -0.800. The molecular weight excluding hydrogens is 306 g/mol. The lowest BCUT2D eigenvalue weighted by Gasteiger charge is -2.28. The van der Waals surface area contributed by atoms with Gasteiger partial charge in [-0.15, -0.1) is 11.8 Å². The smallest absolute Gasteiger partial charge is 0.322 e. The predicted molar refractivity (Wildman–Crippen MR) is 74.8 cm³/mol. The molecule has 2 atom stereocenters. The number of nitrogens with zero attached hydrogens (tertiary/aromatic N) is 1. The Labute approximate surface area is 122 Å². The molecule has 0 amide bonds. The van der Waals surface area contributed by atoms with Gasteiger partial charge in [-0.1, -0.05) is 13.8 Å². The van der Waals surface area contributed by atoms with Crippen molar-refractivity contribution in [3.8, 4) is 0 Å². The summed E-state index contributed by atoms with van der Waals surface area (Å²) in [6.07, 6.45) is -0.281. The molecule has 9 heteroatoms. The Morgan fingerprint density at radius 1 is 1.45 bits per heavy atom. The third kappa shape index (κ3) is 3.86. The molecule has 1 aliphatic rings. The first-order valence-corrected chi connectivity index (χ1v) is 8.79. The van der Waals surface area contributed by atoms with E-state index in [4.69, 9.17) is 5.11 Å². The van der Waals surface area contributed by atoms with Gasteiger partial charge in [0.05, 0.1) is 24.7 Å². The van der Waals surface area contributed by atoms with E-state index in [1.54, 1.807) is 0 Å². The van der Waals surface area contributed by atoms with Crippen molar-refractivity contribution >= 4 is 33.7 Å². The fourth-order valence-corrected chi connectivity index (χ4v) is 5.73. The highest BCUT2D eigenvalue weighted by molar-refractivity contribution is 8.01. The summed E-state index contributed by atoms with van der Waals surface area (Å²) >= 11 is 1.31.